The van der Waals surface area contributed by atoms with Gasteiger partial charge in [-0.15, -0.1) is 0 Å². The van der Waals surface area contributed by atoms with Crippen molar-refractivity contribution < 1.29 is 18.7 Å². The Morgan fingerprint density at radius 3 is 2.75 bits per heavy atom. The molecule has 1 N–H and O–H groups in total. The van der Waals surface area contributed by atoms with Crippen LogP contribution in [0.3, 0.4) is 0 Å². The van der Waals surface area contributed by atoms with Crippen LogP contribution in [0.5, 0.6) is 5.75 Å². The van der Waals surface area contributed by atoms with Crippen LogP contribution in [0, 0.1) is 11.7 Å². The Morgan fingerprint density at radius 2 is 2.10 bits per heavy atom. The number of methoxy groups -OCH3 is 1. The molecular formula is C15H22FNO3. The number of esters is 1. The lowest BCUT2D eigenvalue weighted by atomic mass is 10.2. The highest BCUT2D eigenvalue weighted by molar-refractivity contribution is 5.69. The number of rotatable bonds is 8. The topological polar surface area (TPSA) is 47.6 Å². The lowest BCUT2D eigenvalue weighted by Gasteiger charge is -2.10. The SMILES string of the molecule is COC(=O)CCOc1cc(F)cc(CNCC(C)C)c1. The average molecular weight is 283 g/mol. The molecule has 0 heterocycles. The van der Waals surface area contributed by atoms with Crippen LogP contribution in [-0.2, 0) is 16.1 Å². The second kappa shape index (κ2) is 8.53. The molecule has 1 rings (SSSR count). The first-order chi connectivity index (χ1) is 9.51. The van der Waals surface area contributed by atoms with Crippen molar-refractivity contribution in [3.63, 3.8) is 0 Å². The van der Waals surface area contributed by atoms with E-state index in [1.807, 2.05) is 0 Å². The third-order valence-electron chi connectivity index (χ3n) is 2.62. The van der Waals surface area contributed by atoms with Gasteiger partial charge in [-0.3, -0.25) is 4.79 Å². The predicted molar refractivity (Wildman–Crippen MR) is 75.1 cm³/mol. The summed E-state index contributed by atoms with van der Waals surface area (Å²) in [6.45, 7) is 5.85. The predicted octanol–water partition coefficient (Wildman–Crippen LogP) is 2.51. The molecule has 4 nitrogen and oxygen atoms in total. The van der Waals surface area contributed by atoms with Gasteiger partial charge in [0.2, 0.25) is 0 Å². The molecule has 0 radical (unpaired) electrons. The van der Waals surface area contributed by atoms with E-state index < -0.39 is 0 Å². The highest BCUT2D eigenvalue weighted by Crippen LogP contribution is 2.16. The summed E-state index contributed by atoms with van der Waals surface area (Å²) in [5.74, 6) is 0.275. The molecule has 0 unspecified atom stereocenters. The summed E-state index contributed by atoms with van der Waals surface area (Å²) < 4.78 is 23.3. The van der Waals surface area contributed by atoms with Crippen molar-refractivity contribution in [1.82, 2.24) is 5.32 Å². The van der Waals surface area contributed by atoms with Gasteiger partial charge < -0.3 is 14.8 Å². The van der Waals surface area contributed by atoms with Gasteiger partial charge in [0.1, 0.15) is 11.6 Å². The lowest BCUT2D eigenvalue weighted by Crippen LogP contribution is -2.19. The fourth-order valence-corrected chi connectivity index (χ4v) is 1.67. The Hall–Kier alpha value is -1.62. The summed E-state index contributed by atoms with van der Waals surface area (Å²) in [4.78, 5) is 11.0. The number of carbonyl (C=O) groups excluding carboxylic acids is 1. The van der Waals surface area contributed by atoms with E-state index in [1.54, 1.807) is 6.07 Å². The van der Waals surface area contributed by atoms with Crippen LogP contribution in [0.25, 0.3) is 0 Å². The van der Waals surface area contributed by atoms with Crippen LogP contribution in [0.1, 0.15) is 25.8 Å². The maximum absolute atomic E-state index is 13.5. The molecule has 0 aliphatic heterocycles. The third kappa shape index (κ3) is 6.52. The summed E-state index contributed by atoms with van der Waals surface area (Å²) in [6, 6.07) is 4.55. The van der Waals surface area contributed by atoms with Gasteiger partial charge in [0.15, 0.2) is 0 Å². The quantitative estimate of drug-likeness (QED) is 0.745. The van der Waals surface area contributed by atoms with E-state index in [9.17, 15) is 9.18 Å². The zero-order valence-electron chi connectivity index (χ0n) is 12.2. The number of halogens is 1. The summed E-state index contributed by atoms with van der Waals surface area (Å²) in [5.41, 5.74) is 0.818. The fraction of sp³-hybridized carbons (Fsp3) is 0.533. The van der Waals surface area contributed by atoms with E-state index in [0.29, 0.717) is 18.2 Å². The van der Waals surface area contributed by atoms with E-state index in [4.69, 9.17) is 4.74 Å². The molecule has 1 aromatic carbocycles. The number of hydrogen-bond donors (Lipinski definition) is 1. The van der Waals surface area contributed by atoms with Gasteiger partial charge in [0.05, 0.1) is 20.1 Å². The summed E-state index contributed by atoms with van der Waals surface area (Å²) in [7, 11) is 1.32. The van der Waals surface area contributed by atoms with E-state index in [0.717, 1.165) is 12.1 Å². The van der Waals surface area contributed by atoms with Gasteiger partial charge in [0.25, 0.3) is 0 Å². The minimum absolute atomic E-state index is 0.147. The first-order valence-electron chi connectivity index (χ1n) is 6.71. The molecule has 0 aromatic heterocycles. The van der Waals surface area contributed by atoms with Crippen molar-refractivity contribution in [1.29, 1.82) is 0 Å². The van der Waals surface area contributed by atoms with Crippen LogP contribution in [-0.4, -0.2) is 26.2 Å². The first-order valence-corrected chi connectivity index (χ1v) is 6.71. The molecule has 0 aliphatic carbocycles. The molecule has 112 valence electrons. The monoisotopic (exact) mass is 283 g/mol. The Balaban J connectivity index is 2.50. The molecule has 20 heavy (non-hydrogen) atoms. The van der Waals surface area contributed by atoms with Crippen LogP contribution < -0.4 is 10.1 Å². The summed E-state index contributed by atoms with van der Waals surface area (Å²) in [5, 5.41) is 3.24. The zero-order valence-corrected chi connectivity index (χ0v) is 12.2. The number of hydrogen-bond acceptors (Lipinski definition) is 4. The van der Waals surface area contributed by atoms with E-state index in [-0.39, 0.29) is 24.8 Å². The minimum Gasteiger partial charge on any atom is -0.493 e. The second-order valence-electron chi connectivity index (χ2n) is 4.99. The lowest BCUT2D eigenvalue weighted by molar-refractivity contribution is -0.141. The van der Waals surface area contributed by atoms with Crippen molar-refractivity contribution in [2.24, 2.45) is 5.92 Å². The molecular weight excluding hydrogens is 261 g/mol. The number of benzene rings is 1. The highest BCUT2D eigenvalue weighted by atomic mass is 19.1. The first kappa shape index (κ1) is 16.4. The largest absolute Gasteiger partial charge is 0.493 e. The number of nitrogens with one attached hydrogen (secondary N) is 1. The van der Waals surface area contributed by atoms with Gasteiger partial charge in [-0.2, -0.15) is 0 Å². The number of carbonyl (C=O) groups is 1. The van der Waals surface area contributed by atoms with Crippen LogP contribution in [0.15, 0.2) is 18.2 Å². The molecule has 5 heteroatoms. The maximum Gasteiger partial charge on any atom is 0.308 e. The molecule has 0 fully saturated rings. The van der Waals surface area contributed by atoms with Gasteiger partial charge in [-0.05, 0) is 30.2 Å². The third-order valence-corrected chi connectivity index (χ3v) is 2.62. The normalized spacial score (nSPS) is 10.7. The summed E-state index contributed by atoms with van der Waals surface area (Å²) in [6.07, 6.45) is 0.147. The molecule has 0 bridgehead atoms. The Kier molecular flexibility index (Phi) is 7.01. The Morgan fingerprint density at radius 1 is 1.35 bits per heavy atom. The van der Waals surface area contributed by atoms with Crippen molar-refractivity contribution in [2.45, 2.75) is 26.8 Å². The minimum atomic E-state index is -0.347. The standard InChI is InChI=1S/C15H22FNO3/c1-11(2)9-17-10-12-6-13(16)8-14(7-12)20-5-4-15(18)19-3/h6-8,11,17H,4-5,9-10H2,1-3H3. The van der Waals surface area contributed by atoms with Crippen molar-refractivity contribution in [3.8, 4) is 5.75 Å². The number of ether oxygens (including phenoxy) is 2. The molecule has 0 amide bonds. The van der Waals surface area contributed by atoms with Crippen LogP contribution in [0.4, 0.5) is 4.39 Å². The van der Waals surface area contributed by atoms with Crippen molar-refractivity contribution >= 4 is 5.97 Å². The molecule has 0 atom stereocenters. The van der Waals surface area contributed by atoms with Gasteiger partial charge in [0, 0.05) is 12.6 Å². The van der Waals surface area contributed by atoms with Crippen molar-refractivity contribution in [2.75, 3.05) is 20.3 Å². The Bertz CT molecular complexity index is 435. The smallest absolute Gasteiger partial charge is 0.308 e. The maximum atomic E-state index is 13.5. The average Bonchev–Trinajstić information content (AvgIpc) is 2.37. The molecule has 1 aromatic rings. The fourth-order valence-electron chi connectivity index (χ4n) is 1.67. The molecule has 0 saturated heterocycles. The van der Waals surface area contributed by atoms with E-state index in [1.165, 1.54) is 19.2 Å². The highest BCUT2D eigenvalue weighted by Gasteiger charge is 2.05. The van der Waals surface area contributed by atoms with Gasteiger partial charge in [-0.25, -0.2) is 4.39 Å². The molecule has 0 spiro atoms. The summed E-state index contributed by atoms with van der Waals surface area (Å²) >= 11 is 0. The van der Waals surface area contributed by atoms with Crippen LogP contribution >= 0.6 is 0 Å². The molecule has 0 aliphatic rings. The van der Waals surface area contributed by atoms with E-state index in [2.05, 4.69) is 23.9 Å². The van der Waals surface area contributed by atoms with Crippen molar-refractivity contribution in [3.05, 3.63) is 29.6 Å². The van der Waals surface area contributed by atoms with Crippen LogP contribution in [0.2, 0.25) is 0 Å². The molecule has 0 saturated carbocycles. The van der Waals surface area contributed by atoms with Gasteiger partial charge >= 0.3 is 5.97 Å². The second-order valence-corrected chi connectivity index (χ2v) is 4.99. The Labute approximate surface area is 119 Å². The zero-order chi connectivity index (χ0) is 15.0. The van der Waals surface area contributed by atoms with E-state index >= 15 is 0 Å². The van der Waals surface area contributed by atoms with Gasteiger partial charge in [-0.1, -0.05) is 13.8 Å².